The predicted molar refractivity (Wildman–Crippen MR) is 111 cm³/mol. The van der Waals surface area contributed by atoms with Crippen LogP contribution in [0.2, 0.25) is 0 Å². The Hall–Kier alpha value is -3.06. The Labute approximate surface area is 170 Å². The average molecular weight is 395 g/mol. The van der Waals surface area contributed by atoms with Crippen LogP contribution in [0.4, 0.5) is 4.39 Å². The van der Waals surface area contributed by atoms with E-state index in [9.17, 15) is 9.18 Å². The van der Waals surface area contributed by atoms with E-state index in [0.717, 1.165) is 11.3 Å². The highest BCUT2D eigenvalue weighted by molar-refractivity contribution is 5.93. The number of nitrogens with zero attached hydrogens (tertiary/aromatic N) is 5. The Balaban J connectivity index is 1.89. The lowest BCUT2D eigenvalue weighted by Crippen LogP contribution is -2.37. The van der Waals surface area contributed by atoms with Gasteiger partial charge in [0.15, 0.2) is 5.69 Å². The van der Waals surface area contributed by atoms with Crippen molar-refractivity contribution in [2.45, 2.75) is 20.4 Å². The molecule has 3 aromatic rings. The summed E-state index contributed by atoms with van der Waals surface area (Å²) in [7, 11) is 3.87. The molecule has 152 valence electrons. The standard InChI is InChI=1S/C22H26FN5O/c1-16-9-11-19(12-10-16)28-17(2)21(24-25-28)22(29)27(14-13-26(3)4)15-18-7-5-6-8-20(18)23/h5-12H,13-15H2,1-4H3. The topological polar surface area (TPSA) is 54.3 Å². The van der Waals surface area contributed by atoms with E-state index in [2.05, 4.69) is 10.3 Å². The molecular weight excluding hydrogens is 369 g/mol. The summed E-state index contributed by atoms with van der Waals surface area (Å²) in [6, 6.07) is 14.4. The molecule has 1 aromatic heterocycles. The van der Waals surface area contributed by atoms with Gasteiger partial charge in [-0.3, -0.25) is 4.79 Å². The Morgan fingerprint density at radius 2 is 1.72 bits per heavy atom. The molecule has 0 aliphatic heterocycles. The lowest BCUT2D eigenvalue weighted by molar-refractivity contribution is 0.0723. The molecule has 0 bridgehead atoms. The minimum absolute atomic E-state index is 0.177. The second-order valence-electron chi connectivity index (χ2n) is 7.39. The van der Waals surface area contributed by atoms with Crippen LogP contribution in [0, 0.1) is 19.7 Å². The number of likely N-dealkylation sites (N-methyl/N-ethyl adjacent to an activating group) is 1. The first-order valence-electron chi connectivity index (χ1n) is 9.53. The van der Waals surface area contributed by atoms with Crippen molar-refractivity contribution in [2.24, 2.45) is 0 Å². The van der Waals surface area contributed by atoms with Gasteiger partial charge < -0.3 is 9.80 Å². The van der Waals surface area contributed by atoms with Gasteiger partial charge in [0.25, 0.3) is 5.91 Å². The fraction of sp³-hybridized carbons (Fsp3) is 0.318. The molecule has 7 heteroatoms. The van der Waals surface area contributed by atoms with Crippen LogP contribution in [-0.2, 0) is 6.54 Å². The quantitative estimate of drug-likeness (QED) is 0.616. The SMILES string of the molecule is Cc1ccc(-n2nnc(C(=O)N(CCN(C)C)Cc3ccccc3F)c2C)cc1. The van der Waals surface area contributed by atoms with E-state index in [1.54, 1.807) is 27.8 Å². The number of aromatic nitrogens is 3. The summed E-state index contributed by atoms with van der Waals surface area (Å²) in [4.78, 5) is 16.9. The number of benzene rings is 2. The lowest BCUT2D eigenvalue weighted by atomic mass is 10.2. The van der Waals surface area contributed by atoms with Crippen molar-refractivity contribution in [3.63, 3.8) is 0 Å². The number of aryl methyl sites for hydroxylation is 1. The second kappa shape index (κ2) is 8.96. The molecule has 3 rings (SSSR count). The predicted octanol–water partition coefficient (Wildman–Crippen LogP) is 3.23. The van der Waals surface area contributed by atoms with E-state index < -0.39 is 0 Å². The van der Waals surface area contributed by atoms with E-state index in [1.807, 2.05) is 57.1 Å². The molecule has 0 N–H and O–H groups in total. The van der Waals surface area contributed by atoms with Gasteiger partial charge in [-0.15, -0.1) is 5.10 Å². The number of rotatable bonds is 7. The minimum Gasteiger partial charge on any atom is -0.331 e. The van der Waals surface area contributed by atoms with Crippen molar-refractivity contribution in [3.8, 4) is 5.69 Å². The Morgan fingerprint density at radius 1 is 1.03 bits per heavy atom. The van der Waals surface area contributed by atoms with Crippen molar-refractivity contribution >= 4 is 5.91 Å². The average Bonchev–Trinajstić information content (AvgIpc) is 3.08. The van der Waals surface area contributed by atoms with Crippen molar-refractivity contribution < 1.29 is 9.18 Å². The number of halogens is 1. The monoisotopic (exact) mass is 395 g/mol. The van der Waals surface area contributed by atoms with Crippen LogP contribution >= 0.6 is 0 Å². The fourth-order valence-corrected chi connectivity index (χ4v) is 3.01. The molecule has 0 fully saturated rings. The summed E-state index contributed by atoms with van der Waals surface area (Å²) in [5.41, 5.74) is 3.39. The van der Waals surface area contributed by atoms with E-state index >= 15 is 0 Å². The third-order valence-electron chi connectivity index (χ3n) is 4.80. The molecule has 0 spiro atoms. The molecular formula is C22H26FN5O. The van der Waals surface area contributed by atoms with E-state index in [0.29, 0.717) is 24.3 Å². The first kappa shape index (κ1) is 20.7. The summed E-state index contributed by atoms with van der Waals surface area (Å²) in [5.74, 6) is -0.582. The van der Waals surface area contributed by atoms with Gasteiger partial charge >= 0.3 is 0 Å². The van der Waals surface area contributed by atoms with Gasteiger partial charge in [0.1, 0.15) is 5.82 Å². The zero-order valence-corrected chi connectivity index (χ0v) is 17.3. The molecule has 6 nitrogen and oxygen atoms in total. The van der Waals surface area contributed by atoms with Crippen molar-refractivity contribution in [1.82, 2.24) is 24.8 Å². The van der Waals surface area contributed by atoms with Crippen LogP contribution in [-0.4, -0.2) is 57.9 Å². The zero-order chi connectivity index (χ0) is 21.0. The first-order valence-corrected chi connectivity index (χ1v) is 9.53. The van der Waals surface area contributed by atoms with Gasteiger partial charge in [-0.1, -0.05) is 41.1 Å². The number of amides is 1. The van der Waals surface area contributed by atoms with Crippen LogP contribution in [0.3, 0.4) is 0 Å². The highest BCUT2D eigenvalue weighted by Crippen LogP contribution is 2.17. The molecule has 0 saturated carbocycles. The molecule has 0 radical (unpaired) electrons. The number of hydrogen-bond donors (Lipinski definition) is 0. The van der Waals surface area contributed by atoms with Crippen molar-refractivity contribution in [1.29, 1.82) is 0 Å². The maximum absolute atomic E-state index is 14.2. The van der Waals surface area contributed by atoms with E-state index in [1.165, 1.54) is 6.07 Å². The maximum Gasteiger partial charge on any atom is 0.276 e. The van der Waals surface area contributed by atoms with Gasteiger partial charge in [-0.25, -0.2) is 9.07 Å². The maximum atomic E-state index is 14.2. The first-order chi connectivity index (χ1) is 13.9. The smallest absolute Gasteiger partial charge is 0.276 e. The Morgan fingerprint density at radius 3 is 2.38 bits per heavy atom. The number of hydrogen-bond acceptors (Lipinski definition) is 4. The van der Waals surface area contributed by atoms with Gasteiger partial charge in [-0.05, 0) is 46.1 Å². The Bertz CT molecular complexity index is 981. The molecule has 0 saturated heterocycles. The lowest BCUT2D eigenvalue weighted by Gasteiger charge is -2.24. The second-order valence-corrected chi connectivity index (χ2v) is 7.39. The molecule has 29 heavy (non-hydrogen) atoms. The van der Waals surface area contributed by atoms with Crippen LogP contribution in [0.1, 0.15) is 27.3 Å². The fourth-order valence-electron chi connectivity index (χ4n) is 3.01. The van der Waals surface area contributed by atoms with Crippen molar-refractivity contribution in [3.05, 3.63) is 76.9 Å². The minimum atomic E-state index is -0.324. The van der Waals surface area contributed by atoms with Crippen LogP contribution in [0.5, 0.6) is 0 Å². The third-order valence-corrected chi connectivity index (χ3v) is 4.80. The van der Waals surface area contributed by atoms with Crippen LogP contribution < -0.4 is 0 Å². The molecule has 1 heterocycles. The van der Waals surface area contributed by atoms with Gasteiger partial charge in [-0.2, -0.15) is 0 Å². The number of carbonyl (C=O) groups is 1. The summed E-state index contributed by atoms with van der Waals surface area (Å²) in [5, 5.41) is 8.31. The highest BCUT2D eigenvalue weighted by atomic mass is 19.1. The van der Waals surface area contributed by atoms with Crippen LogP contribution in [0.25, 0.3) is 5.69 Å². The molecule has 0 aliphatic rings. The van der Waals surface area contributed by atoms with Crippen molar-refractivity contribution in [2.75, 3.05) is 27.2 Å². The van der Waals surface area contributed by atoms with E-state index in [-0.39, 0.29) is 24.0 Å². The molecule has 1 amide bonds. The van der Waals surface area contributed by atoms with E-state index in [4.69, 9.17) is 0 Å². The molecule has 0 atom stereocenters. The van der Waals surface area contributed by atoms with Crippen LogP contribution in [0.15, 0.2) is 48.5 Å². The normalized spacial score (nSPS) is 11.1. The Kier molecular flexibility index (Phi) is 6.39. The van der Waals surface area contributed by atoms with Gasteiger partial charge in [0, 0.05) is 25.2 Å². The molecule has 2 aromatic carbocycles. The highest BCUT2D eigenvalue weighted by Gasteiger charge is 2.24. The zero-order valence-electron chi connectivity index (χ0n) is 17.3. The van der Waals surface area contributed by atoms with Gasteiger partial charge in [0.2, 0.25) is 0 Å². The summed E-state index contributed by atoms with van der Waals surface area (Å²) < 4.78 is 15.8. The summed E-state index contributed by atoms with van der Waals surface area (Å²) in [6.07, 6.45) is 0. The summed E-state index contributed by atoms with van der Waals surface area (Å²) >= 11 is 0. The largest absolute Gasteiger partial charge is 0.331 e. The number of carbonyl (C=O) groups excluding carboxylic acids is 1. The molecule has 0 aliphatic carbocycles. The summed E-state index contributed by atoms with van der Waals surface area (Å²) in [6.45, 7) is 5.12. The molecule has 0 unspecified atom stereocenters. The van der Waals surface area contributed by atoms with Gasteiger partial charge in [0.05, 0.1) is 11.4 Å². The third kappa shape index (κ3) is 4.86.